The molecular formula is C35H39F2N5O6. The molecule has 2 amide bonds. The molecule has 4 aromatic rings. The zero-order valence-corrected chi connectivity index (χ0v) is 26.9. The third-order valence-electron chi connectivity index (χ3n) is 9.04. The van der Waals surface area contributed by atoms with Crippen LogP contribution in [0.3, 0.4) is 0 Å². The third kappa shape index (κ3) is 7.32. The van der Waals surface area contributed by atoms with Gasteiger partial charge in [0.15, 0.2) is 0 Å². The Morgan fingerprint density at radius 3 is 2.23 bits per heavy atom. The van der Waals surface area contributed by atoms with Crippen molar-refractivity contribution < 1.29 is 33.1 Å². The van der Waals surface area contributed by atoms with E-state index in [1.54, 1.807) is 19.1 Å². The predicted molar refractivity (Wildman–Crippen MR) is 171 cm³/mol. The minimum absolute atomic E-state index is 0.0443. The second-order valence-corrected chi connectivity index (χ2v) is 12.2. The summed E-state index contributed by atoms with van der Waals surface area (Å²) in [4.78, 5) is 41.8. The normalized spacial score (nSPS) is 19.9. The molecule has 1 aliphatic heterocycles. The van der Waals surface area contributed by atoms with Gasteiger partial charge in [0.2, 0.25) is 5.91 Å². The number of hydrogen-bond donors (Lipinski definition) is 2. The molecule has 3 aromatic carbocycles. The molecule has 2 heterocycles. The Labute approximate surface area is 276 Å². The summed E-state index contributed by atoms with van der Waals surface area (Å²) < 4.78 is 40.9. The molecule has 13 heteroatoms. The molecule has 5 rings (SSSR count). The summed E-state index contributed by atoms with van der Waals surface area (Å²) in [5.41, 5.74) is -0.385. The molecule has 2 N–H and O–H groups in total. The van der Waals surface area contributed by atoms with Crippen molar-refractivity contribution in [3.8, 4) is 0 Å². The lowest BCUT2D eigenvalue weighted by Crippen LogP contribution is -2.64. The summed E-state index contributed by atoms with van der Waals surface area (Å²) >= 11 is 0. The van der Waals surface area contributed by atoms with E-state index in [-0.39, 0.29) is 39.0 Å². The molecule has 11 nitrogen and oxygen atoms in total. The van der Waals surface area contributed by atoms with Crippen LogP contribution in [0, 0.1) is 0 Å². The lowest BCUT2D eigenvalue weighted by atomic mass is 9.73. The summed E-state index contributed by atoms with van der Waals surface area (Å²) in [7, 11) is 1.19. The molecule has 1 aromatic heterocycles. The average molecular weight is 664 g/mol. The van der Waals surface area contributed by atoms with Crippen LogP contribution in [0.2, 0.25) is 0 Å². The zero-order valence-electron chi connectivity index (χ0n) is 26.9. The van der Waals surface area contributed by atoms with Crippen LogP contribution < -0.4 is 5.69 Å². The molecule has 1 aliphatic rings. The van der Waals surface area contributed by atoms with Crippen molar-refractivity contribution in [2.24, 2.45) is 0 Å². The Bertz CT molecular complexity index is 1730. The van der Waals surface area contributed by atoms with E-state index in [4.69, 9.17) is 9.47 Å². The Balaban J connectivity index is 1.58. The number of halogens is 2. The van der Waals surface area contributed by atoms with Gasteiger partial charge in [0.1, 0.15) is 26.3 Å². The first-order chi connectivity index (χ1) is 23.1. The molecule has 3 atom stereocenters. The van der Waals surface area contributed by atoms with E-state index >= 15 is 0 Å². The van der Waals surface area contributed by atoms with Crippen LogP contribution in [0.15, 0.2) is 90.0 Å². The quantitative estimate of drug-likeness (QED) is 0.150. The first-order valence-electron chi connectivity index (χ1n) is 15.6. The number of amides is 2. The van der Waals surface area contributed by atoms with E-state index in [0.29, 0.717) is 21.8 Å². The molecule has 0 saturated carbocycles. The lowest BCUT2D eigenvalue weighted by Gasteiger charge is -2.53. The molecule has 0 radical (unpaired) electrons. The fraction of sp³-hybridized carbons (Fsp3) is 0.371. The van der Waals surface area contributed by atoms with E-state index in [0.717, 1.165) is 11.1 Å². The third-order valence-corrected chi connectivity index (χ3v) is 9.04. The van der Waals surface area contributed by atoms with Gasteiger partial charge in [-0.15, -0.1) is 0 Å². The smallest absolute Gasteiger partial charge is 0.410 e. The number of ether oxygens (including phenoxy) is 2. The van der Waals surface area contributed by atoms with E-state index in [1.165, 1.54) is 28.9 Å². The monoisotopic (exact) mass is 663 g/mol. The Morgan fingerprint density at radius 1 is 1.00 bits per heavy atom. The molecule has 0 aliphatic carbocycles. The van der Waals surface area contributed by atoms with Crippen LogP contribution in [-0.4, -0.2) is 62.1 Å². The molecule has 0 bridgehead atoms. The van der Waals surface area contributed by atoms with E-state index in [2.05, 4.69) is 10.2 Å². The number of alkyl halides is 2. The standard InChI is InChI=1S/C35H39F2N5O6/c1-25(29-16-27(19-36)15-28(17-29)20-37)48-23-35(30-11-7-4-8-12-30)14-13-34(18-31(43)40(2)46,42-24-38-39-32(42)44)22-41(35)33(45)47-21-26-9-5-3-6-10-26/h3-12,15-17,24-25,46H,13-14,18-23H2,1-2H3,(H,39,44)/t25-,34-,35-/m1/s1. The van der Waals surface area contributed by atoms with Gasteiger partial charge in [0, 0.05) is 13.6 Å². The van der Waals surface area contributed by atoms with Crippen LogP contribution in [0.4, 0.5) is 13.6 Å². The molecule has 0 spiro atoms. The zero-order chi connectivity index (χ0) is 34.3. The van der Waals surface area contributed by atoms with Crippen LogP contribution in [0.1, 0.15) is 60.1 Å². The number of nitrogens with one attached hydrogen (secondary N) is 1. The van der Waals surface area contributed by atoms with Gasteiger partial charge in [0.05, 0.1) is 30.2 Å². The predicted octanol–water partition coefficient (Wildman–Crippen LogP) is 5.55. The maximum atomic E-state index is 14.3. The summed E-state index contributed by atoms with van der Waals surface area (Å²) in [5.74, 6) is -0.672. The Morgan fingerprint density at radius 2 is 1.65 bits per heavy atom. The number of carbonyl (C=O) groups is 2. The highest BCUT2D eigenvalue weighted by Gasteiger charge is 2.54. The average Bonchev–Trinajstić information content (AvgIpc) is 3.56. The fourth-order valence-corrected chi connectivity index (χ4v) is 6.37. The molecule has 48 heavy (non-hydrogen) atoms. The SMILES string of the molecule is C[C@@H](OC[C@@]1(c2ccccc2)CC[C@](CC(=O)N(C)O)(n2cn[nH]c2=O)CN1C(=O)OCc1ccccc1)c1cc(CF)cc(CF)c1. The van der Waals surface area contributed by atoms with Gasteiger partial charge < -0.3 is 9.47 Å². The summed E-state index contributed by atoms with van der Waals surface area (Å²) in [5, 5.41) is 16.7. The van der Waals surface area contributed by atoms with Crippen molar-refractivity contribution in [2.75, 3.05) is 20.2 Å². The highest BCUT2D eigenvalue weighted by Crippen LogP contribution is 2.46. The molecule has 1 fully saturated rings. The number of aromatic amines is 1. The largest absolute Gasteiger partial charge is 0.445 e. The number of rotatable bonds is 12. The van der Waals surface area contributed by atoms with Crippen LogP contribution >= 0.6 is 0 Å². The van der Waals surface area contributed by atoms with Gasteiger partial charge in [-0.05, 0) is 47.6 Å². The summed E-state index contributed by atoms with van der Waals surface area (Å²) in [6, 6.07) is 23.1. The summed E-state index contributed by atoms with van der Waals surface area (Å²) in [6.45, 7) is -0.0515. The second-order valence-electron chi connectivity index (χ2n) is 12.2. The molecule has 254 valence electrons. The molecule has 0 unspecified atom stereocenters. The number of piperidine rings is 1. The second kappa shape index (κ2) is 14.9. The Hall–Kier alpha value is -4.88. The van der Waals surface area contributed by atoms with Gasteiger partial charge in [-0.1, -0.05) is 78.9 Å². The van der Waals surface area contributed by atoms with Crippen LogP contribution in [-0.2, 0) is 45.3 Å². The minimum atomic E-state index is -1.32. The minimum Gasteiger partial charge on any atom is -0.445 e. The van der Waals surface area contributed by atoms with Crippen molar-refractivity contribution in [2.45, 2.75) is 63.3 Å². The highest BCUT2D eigenvalue weighted by molar-refractivity contribution is 5.76. The van der Waals surface area contributed by atoms with Gasteiger partial charge in [-0.25, -0.2) is 28.5 Å². The first-order valence-corrected chi connectivity index (χ1v) is 15.6. The number of H-pyrrole nitrogens is 1. The van der Waals surface area contributed by atoms with Crippen molar-refractivity contribution in [3.05, 3.63) is 123 Å². The topological polar surface area (TPSA) is 130 Å². The van der Waals surface area contributed by atoms with Crippen LogP contribution in [0.5, 0.6) is 0 Å². The Kier molecular flexibility index (Phi) is 10.7. The fourth-order valence-electron chi connectivity index (χ4n) is 6.37. The van der Waals surface area contributed by atoms with Crippen molar-refractivity contribution in [1.82, 2.24) is 24.7 Å². The van der Waals surface area contributed by atoms with E-state index < -0.39 is 48.2 Å². The first kappa shape index (κ1) is 34.5. The van der Waals surface area contributed by atoms with Gasteiger partial charge >= 0.3 is 11.8 Å². The van der Waals surface area contributed by atoms with Crippen molar-refractivity contribution >= 4 is 12.0 Å². The number of carbonyl (C=O) groups excluding carboxylic acids is 2. The number of likely N-dealkylation sites (tertiary alicyclic amines) is 1. The molecule has 1 saturated heterocycles. The maximum Gasteiger partial charge on any atom is 0.410 e. The molecular weight excluding hydrogens is 624 g/mol. The van der Waals surface area contributed by atoms with Gasteiger partial charge in [-0.3, -0.25) is 19.5 Å². The number of hydrogen-bond acceptors (Lipinski definition) is 7. The maximum absolute atomic E-state index is 14.3. The highest BCUT2D eigenvalue weighted by atomic mass is 19.1. The van der Waals surface area contributed by atoms with E-state index in [9.17, 15) is 28.4 Å². The number of hydroxylamine groups is 2. The summed E-state index contributed by atoms with van der Waals surface area (Å²) in [6.07, 6.45) is -0.00328. The van der Waals surface area contributed by atoms with Crippen molar-refractivity contribution in [1.29, 1.82) is 0 Å². The number of nitrogens with zero attached hydrogens (tertiary/aromatic N) is 4. The van der Waals surface area contributed by atoms with Gasteiger partial charge in [0.25, 0.3) is 0 Å². The van der Waals surface area contributed by atoms with Gasteiger partial charge in [-0.2, -0.15) is 5.10 Å². The number of benzene rings is 3. The number of aromatic nitrogens is 3. The van der Waals surface area contributed by atoms with Crippen LogP contribution in [0.25, 0.3) is 0 Å². The lowest BCUT2D eigenvalue weighted by molar-refractivity contribution is -0.164. The van der Waals surface area contributed by atoms with Crippen molar-refractivity contribution in [3.63, 3.8) is 0 Å². The van der Waals surface area contributed by atoms with E-state index in [1.807, 2.05) is 60.7 Å².